The maximum atomic E-state index is 11.8. The van der Waals surface area contributed by atoms with E-state index in [0.29, 0.717) is 0 Å². The molecule has 2 unspecified atom stereocenters. The Hall–Kier alpha value is -3.30. The second kappa shape index (κ2) is 11.4. The number of benzene rings is 1. The maximum Gasteiger partial charge on any atom is 0.328 e. The molecule has 0 radical (unpaired) electrons. The van der Waals surface area contributed by atoms with E-state index >= 15 is 0 Å². The van der Waals surface area contributed by atoms with Gasteiger partial charge in [-0.2, -0.15) is 0 Å². The van der Waals surface area contributed by atoms with Crippen molar-refractivity contribution in [2.75, 3.05) is 14.2 Å². The molecule has 10 nitrogen and oxygen atoms in total. The van der Waals surface area contributed by atoms with E-state index in [1.54, 1.807) is 6.07 Å². The van der Waals surface area contributed by atoms with Crippen molar-refractivity contribution in [1.29, 1.82) is 0 Å². The van der Waals surface area contributed by atoms with Crippen molar-refractivity contribution >= 4 is 24.0 Å². The van der Waals surface area contributed by atoms with Gasteiger partial charge in [0.1, 0.15) is 12.1 Å². The van der Waals surface area contributed by atoms with E-state index in [1.807, 2.05) is 18.2 Å². The first-order chi connectivity index (χ1) is 13.3. The van der Waals surface area contributed by atoms with Crippen LogP contribution < -0.4 is 21.3 Å². The molecule has 0 aliphatic rings. The van der Waals surface area contributed by atoms with Gasteiger partial charge in [0.2, 0.25) is 0 Å². The summed E-state index contributed by atoms with van der Waals surface area (Å²) >= 11 is 0. The Kier molecular flexibility index (Phi) is 9.28. The van der Waals surface area contributed by atoms with Gasteiger partial charge in [-0.15, -0.1) is 0 Å². The normalized spacial score (nSPS) is 12.1. The fourth-order valence-corrected chi connectivity index (χ4v) is 2.18. The van der Waals surface area contributed by atoms with Crippen LogP contribution >= 0.6 is 0 Å². The largest absolute Gasteiger partial charge is 0.467 e. The smallest absolute Gasteiger partial charge is 0.328 e. The van der Waals surface area contributed by atoms with E-state index in [0.717, 1.165) is 11.1 Å². The molecule has 0 fully saturated rings. The molecule has 2 atom stereocenters. The number of esters is 2. The van der Waals surface area contributed by atoms with Crippen LogP contribution in [0.4, 0.5) is 9.59 Å². The molecular weight excluding hydrogens is 368 g/mol. The van der Waals surface area contributed by atoms with E-state index in [2.05, 4.69) is 30.7 Å². The van der Waals surface area contributed by atoms with Gasteiger partial charge < -0.3 is 30.7 Å². The molecule has 0 spiro atoms. The van der Waals surface area contributed by atoms with Crippen molar-refractivity contribution in [3.05, 3.63) is 35.4 Å². The van der Waals surface area contributed by atoms with Crippen molar-refractivity contribution in [2.24, 2.45) is 0 Å². The summed E-state index contributed by atoms with van der Waals surface area (Å²) in [5, 5.41) is 10.2. The topological polar surface area (TPSA) is 135 Å². The second-order valence-corrected chi connectivity index (χ2v) is 5.96. The molecule has 28 heavy (non-hydrogen) atoms. The number of methoxy groups -OCH3 is 2. The molecule has 1 aromatic rings. The SMILES string of the molecule is COC(=O)C(C)NC(=O)NCc1cccc(CNC(=O)NC(C)C(=O)OC)c1. The van der Waals surface area contributed by atoms with Gasteiger partial charge in [-0.3, -0.25) is 0 Å². The fourth-order valence-electron chi connectivity index (χ4n) is 2.18. The monoisotopic (exact) mass is 394 g/mol. The number of nitrogens with one attached hydrogen (secondary N) is 4. The number of hydrogen-bond donors (Lipinski definition) is 4. The first kappa shape index (κ1) is 22.7. The number of amides is 4. The van der Waals surface area contributed by atoms with Crippen molar-refractivity contribution in [3.8, 4) is 0 Å². The van der Waals surface area contributed by atoms with Crippen molar-refractivity contribution in [2.45, 2.75) is 39.0 Å². The van der Waals surface area contributed by atoms with Crippen LogP contribution in [0, 0.1) is 0 Å². The predicted octanol–water partition coefficient (Wildman–Crippen LogP) is 0.408. The van der Waals surface area contributed by atoms with Gasteiger partial charge in [0.05, 0.1) is 14.2 Å². The summed E-state index contributed by atoms with van der Waals surface area (Å²) in [5.74, 6) is -1.08. The summed E-state index contributed by atoms with van der Waals surface area (Å²) < 4.78 is 9.07. The van der Waals surface area contributed by atoms with Gasteiger partial charge in [0.25, 0.3) is 0 Å². The lowest BCUT2D eigenvalue weighted by Gasteiger charge is -2.14. The zero-order valence-corrected chi connectivity index (χ0v) is 16.3. The first-order valence-electron chi connectivity index (χ1n) is 8.59. The minimum atomic E-state index is -0.758. The molecule has 154 valence electrons. The number of ether oxygens (including phenoxy) is 2. The Morgan fingerprint density at radius 2 is 1.21 bits per heavy atom. The van der Waals surface area contributed by atoms with Crippen LogP contribution in [0.2, 0.25) is 0 Å². The summed E-state index contributed by atoms with van der Waals surface area (Å²) in [6.45, 7) is 3.51. The highest BCUT2D eigenvalue weighted by atomic mass is 16.5. The van der Waals surface area contributed by atoms with Gasteiger partial charge >= 0.3 is 24.0 Å². The molecule has 0 bridgehead atoms. The lowest BCUT2D eigenvalue weighted by atomic mass is 10.1. The lowest BCUT2D eigenvalue weighted by Crippen LogP contribution is -2.44. The summed E-state index contributed by atoms with van der Waals surface area (Å²) in [6, 6.07) is 4.71. The van der Waals surface area contributed by atoms with Gasteiger partial charge in [0.15, 0.2) is 0 Å². The highest BCUT2D eigenvalue weighted by Gasteiger charge is 2.16. The molecule has 0 aliphatic heterocycles. The van der Waals surface area contributed by atoms with Gasteiger partial charge in [-0.05, 0) is 25.0 Å². The molecule has 0 heterocycles. The quantitative estimate of drug-likeness (QED) is 0.472. The minimum Gasteiger partial charge on any atom is -0.467 e. The Morgan fingerprint density at radius 1 is 0.821 bits per heavy atom. The summed E-state index contributed by atoms with van der Waals surface area (Å²) in [7, 11) is 2.49. The molecule has 1 aromatic carbocycles. The van der Waals surface area contributed by atoms with Crippen LogP contribution in [0.15, 0.2) is 24.3 Å². The summed E-state index contributed by atoms with van der Waals surface area (Å²) in [5.41, 5.74) is 1.62. The molecule has 0 saturated carbocycles. The van der Waals surface area contributed by atoms with Gasteiger partial charge in [-0.1, -0.05) is 24.3 Å². The molecular formula is C18H26N4O6. The Morgan fingerprint density at radius 3 is 1.57 bits per heavy atom. The number of carbonyl (C=O) groups is 4. The third kappa shape index (κ3) is 7.94. The van der Waals surface area contributed by atoms with E-state index in [-0.39, 0.29) is 13.1 Å². The molecule has 4 amide bonds. The third-order valence-electron chi connectivity index (χ3n) is 3.70. The van der Waals surface area contributed by atoms with E-state index in [4.69, 9.17) is 0 Å². The minimum absolute atomic E-state index is 0.235. The molecule has 0 aliphatic carbocycles. The Bertz CT molecular complexity index is 654. The van der Waals surface area contributed by atoms with Crippen LogP contribution in [-0.4, -0.2) is 50.3 Å². The van der Waals surface area contributed by atoms with Crippen molar-refractivity contribution in [3.63, 3.8) is 0 Å². The Balaban J connectivity index is 2.47. The van der Waals surface area contributed by atoms with Crippen LogP contribution in [-0.2, 0) is 32.2 Å². The predicted molar refractivity (Wildman–Crippen MR) is 100 cm³/mol. The molecule has 10 heteroatoms. The fraction of sp³-hybridized carbons (Fsp3) is 0.444. The number of rotatable bonds is 8. The zero-order valence-electron chi connectivity index (χ0n) is 16.3. The third-order valence-corrected chi connectivity index (χ3v) is 3.70. The number of carbonyl (C=O) groups excluding carboxylic acids is 4. The summed E-state index contributed by atoms with van der Waals surface area (Å²) in [4.78, 5) is 46.2. The highest BCUT2D eigenvalue weighted by Crippen LogP contribution is 2.05. The van der Waals surface area contributed by atoms with Crippen LogP contribution in [0.3, 0.4) is 0 Å². The Labute approximate surface area is 163 Å². The second-order valence-electron chi connectivity index (χ2n) is 5.96. The zero-order chi connectivity index (χ0) is 21.1. The molecule has 1 rings (SSSR count). The summed E-state index contributed by atoms with van der Waals surface area (Å²) in [6.07, 6.45) is 0. The average Bonchev–Trinajstić information content (AvgIpc) is 2.69. The van der Waals surface area contributed by atoms with Crippen molar-refractivity contribution in [1.82, 2.24) is 21.3 Å². The first-order valence-corrected chi connectivity index (χ1v) is 8.59. The highest BCUT2D eigenvalue weighted by molar-refractivity contribution is 5.83. The number of urea groups is 2. The average molecular weight is 394 g/mol. The van der Waals surface area contributed by atoms with E-state index in [1.165, 1.54) is 28.1 Å². The number of hydrogen-bond acceptors (Lipinski definition) is 6. The van der Waals surface area contributed by atoms with Gasteiger partial charge in [0, 0.05) is 13.1 Å². The van der Waals surface area contributed by atoms with Gasteiger partial charge in [-0.25, -0.2) is 19.2 Å². The molecule has 0 aromatic heterocycles. The standard InChI is InChI=1S/C18H26N4O6/c1-11(15(23)27-3)21-17(25)19-9-13-6-5-7-14(8-13)10-20-18(26)22-12(2)16(24)28-4/h5-8,11-12H,9-10H2,1-4H3,(H2,19,21,25)(H2,20,22,26). The molecule has 4 N–H and O–H groups in total. The van der Waals surface area contributed by atoms with Crippen LogP contribution in [0.5, 0.6) is 0 Å². The van der Waals surface area contributed by atoms with E-state index in [9.17, 15) is 19.2 Å². The van der Waals surface area contributed by atoms with Crippen molar-refractivity contribution < 1.29 is 28.7 Å². The van der Waals surface area contributed by atoms with Crippen LogP contribution in [0.1, 0.15) is 25.0 Å². The lowest BCUT2D eigenvalue weighted by molar-refractivity contribution is -0.143. The van der Waals surface area contributed by atoms with Crippen LogP contribution in [0.25, 0.3) is 0 Å². The maximum absolute atomic E-state index is 11.8. The molecule has 0 saturated heterocycles. The van der Waals surface area contributed by atoms with E-state index < -0.39 is 36.1 Å².